The molecule has 0 saturated carbocycles. The van der Waals surface area contributed by atoms with E-state index in [4.69, 9.17) is 14.6 Å². The molecule has 0 saturated heterocycles. The van der Waals surface area contributed by atoms with Crippen molar-refractivity contribution in [1.82, 2.24) is 5.32 Å². The van der Waals surface area contributed by atoms with Gasteiger partial charge in [-0.3, -0.25) is 0 Å². The number of hydrogen-bond acceptors (Lipinski definition) is 7. The summed E-state index contributed by atoms with van der Waals surface area (Å²) >= 11 is 1.34. The van der Waals surface area contributed by atoms with Crippen LogP contribution in [0.1, 0.15) is 50.7 Å². The van der Waals surface area contributed by atoms with Crippen molar-refractivity contribution in [2.45, 2.75) is 57.3 Å². The van der Waals surface area contributed by atoms with Gasteiger partial charge in [-0.15, -0.1) is 0 Å². The van der Waals surface area contributed by atoms with Crippen LogP contribution in [0.25, 0.3) is 11.1 Å². The Morgan fingerprint density at radius 3 is 2.20 bits per heavy atom. The molecule has 0 unspecified atom stereocenters. The highest BCUT2D eigenvalue weighted by Gasteiger charge is 2.31. The van der Waals surface area contributed by atoms with Gasteiger partial charge in [0.05, 0.1) is 6.10 Å². The summed E-state index contributed by atoms with van der Waals surface area (Å²) < 4.78 is 11.1. The summed E-state index contributed by atoms with van der Waals surface area (Å²) in [6.07, 6.45) is -0.305. The van der Waals surface area contributed by atoms with Gasteiger partial charge in [0.2, 0.25) is 0 Å². The van der Waals surface area contributed by atoms with E-state index >= 15 is 0 Å². The molecule has 0 aliphatic heterocycles. The molecule has 3 N–H and O–H groups in total. The average molecular weight is 502 g/mol. The van der Waals surface area contributed by atoms with E-state index < -0.39 is 29.8 Å². The van der Waals surface area contributed by atoms with Crippen LogP contribution in [0.5, 0.6) is 0 Å². The van der Waals surface area contributed by atoms with Crippen LogP contribution in [0, 0.1) is 0 Å². The van der Waals surface area contributed by atoms with Crippen LogP contribution in [0.4, 0.5) is 4.79 Å². The van der Waals surface area contributed by atoms with Gasteiger partial charge in [0.15, 0.2) is 0 Å². The van der Waals surface area contributed by atoms with Gasteiger partial charge in [-0.1, -0.05) is 48.5 Å². The van der Waals surface area contributed by atoms with Crippen molar-refractivity contribution in [2.75, 3.05) is 24.7 Å². The normalized spacial score (nSPS) is 14.5. The predicted octanol–water partition coefficient (Wildman–Crippen LogP) is 4.10. The summed E-state index contributed by atoms with van der Waals surface area (Å²) in [7, 11) is 0. The maximum atomic E-state index is 12.7. The highest BCUT2D eigenvalue weighted by atomic mass is 32.2. The lowest BCUT2D eigenvalue weighted by Crippen LogP contribution is -2.46. The SMILES string of the molecule is CC(C)(C)OC(=O)[C@H](CSC[C@H](O)CCCO)NC(=O)OCC1c2ccccc2-c2ccccc21. The Bertz CT molecular complexity index is 960. The lowest BCUT2D eigenvalue weighted by atomic mass is 9.98. The molecular weight excluding hydrogens is 466 g/mol. The Morgan fingerprint density at radius 2 is 1.63 bits per heavy atom. The van der Waals surface area contributed by atoms with Crippen LogP contribution < -0.4 is 5.32 Å². The number of benzene rings is 2. The average Bonchev–Trinajstić information content (AvgIpc) is 3.13. The van der Waals surface area contributed by atoms with Gasteiger partial charge in [-0.05, 0) is 55.9 Å². The maximum Gasteiger partial charge on any atom is 0.407 e. The first-order chi connectivity index (χ1) is 16.7. The molecule has 0 radical (unpaired) electrons. The minimum atomic E-state index is -0.917. The number of rotatable bonds is 11. The molecule has 1 aliphatic carbocycles. The zero-order chi connectivity index (χ0) is 25.4. The molecule has 1 amide bonds. The summed E-state index contributed by atoms with van der Waals surface area (Å²) in [6, 6.07) is 15.3. The number of amides is 1. The molecular formula is C27H35NO6S. The number of aliphatic hydroxyl groups is 2. The number of carbonyl (C=O) groups is 2. The fourth-order valence-corrected chi connectivity index (χ4v) is 5.09. The van der Waals surface area contributed by atoms with Crippen molar-refractivity contribution < 1.29 is 29.3 Å². The summed E-state index contributed by atoms with van der Waals surface area (Å²) in [5.74, 6) is -0.0199. The summed E-state index contributed by atoms with van der Waals surface area (Å²) in [5, 5.41) is 21.6. The summed E-state index contributed by atoms with van der Waals surface area (Å²) in [6.45, 7) is 5.46. The molecule has 0 heterocycles. The Labute approximate surface area is 211 Å². The van der Waals surface area contributed by atoms with E-state index in [0.717, 1.165) is 22.3 Å². The largest absolute Gasteiger partial charge is 0.458 e. The van der Waals surface area contributed by atoms with Crippen LogP contribution in [0.2, 0.25) is 0 Å². The number of hydrogen-bond donors (Lipinski definition) is 3. The van der Waals surface area contributed by atoms with Crippen molar-refractivity contribution in [3.8, 4) is 11.1 Å². The molecule has 0 aromatic heterocycles. The monoisotopic (exact) mass is 501 g/mol. The molecule has 1 aliphatic rings. The van der Waals surface area contributed by atoms with Gasteiger partial charge in [-0.25, -0.2) is 9.59 Å². The van der Waals surface area contributed by atoms with E-state index in [0.29, 0.717) is 18.6 Å². The van der Waals surface area contributed by atoms with Gasteiger partial charge in [0.1, 0.15) is 18.2 Å². The molecule has 0 bridgehead atoms. The molecule has 2 atom stereocenters. The molecule has 8 heteroatoms. The van der Waals surface area contributed by atoms with Crippen LogP contribution in [0.15, 0.2) is 48.5 Å². The smallest absolute Gasteiger partial charge is 0.407 e. The van der Waals surface area contributed by atoms with Crippen molar-refractivity contribution in [3.63, 3.8) is 0 Å². The second-order valence-corrected chi connectivity index (χ2v) is 10.7. The standard InChI is InChI=1S/C27H35NO6S/c1-27(2,3)34-25(31)24(17-35-16-18(30)9-8-14-29)28-26(32)33-15-23-21-12-6-4-10-19(21)20-11-5-7-13-22(20)23/h4-7,10-13,18,23-24,29-30H,8-9,14-17H2,1-3H3,(H,28,32)/t18-,24+/m1/s1. The number of carbonyl (C=O) groups excluding carboxylic acids is 2. The third-order valence-electron chi connectivity index (χ3n) is 5.62. The quantitative estimate of drug-likeness (QED) is 0.398. The predicted molar refractivity (Wildman–Crippen MR) is 137 cm³/mol. The van der Waals surface area contributed by atoms with E-state index in [1.165, 1.54) is 11.8 Å². The van der Waals surface area contributed by atoms with Gasteiger partial charge in [0.25, 0.3) is 0 Å². The van der Waals surface area contributed by atoms with Crippen molar-refractivity contribution in [1.29, 1.82) is 0 Å². The van der Waals surface area contributed by atoms with Crippen molar-refractivity contribution in [2.24, 2.45) is 0 Å². The van der Waals surface area contributed by atoms with Crippen LogP contribution in [0.3, 0.4) is 0 Å². The highest BCUT2D eigenvalue weighted by Crippen LogP contribution is 2.44. The second kappa shape index (κ2) is 12.4. The molecule has 2 aromatic rings. The lowest BCUT2D eigenvalue weighted by molar-refractivity contribution is -0.156. The van der Waals surface area contributed by atoms with Crippen LogP contribution >= 0.6 is 11.8 Å². The molecule has 0 fully saturated rings. The first-order valence-electron chi connectivity index (χ1n) is 11.9. The first kappa shape index (κ1) is 27.0. The van der Waals surface area contributed by atoms with Crippen LogP contribution in [-0.4, -0.2) is 64.7 Å². The maximum absolute atomic E-state index is 12.7. The Hall–Kier alpha value is -2.55. The van der Waals surface area contributed by atoms with Gasteiger partial charge in [0, 0.05) is 24.0 Å². The number of alkyl carbamates (subject to hydrolysis) is 1. The molecule has 2 aromatic carbocycles. The van der Waals surface area contributed by atoms with E-state index in [1.54, 1.807) is 20.8 Å². The van der Waals surface area contributed by atoms with Gasteiger partial charge in [-0.2, -0.15) is 11.8 Å². The number of aliphatic hydroxyl groups excluding tert-OH is 2. The first-order valence-corrected chi connectivity index (χ1v) is 13.1. The zero-order valence-corrected chi connectivity index (χ0v) is 21.3. The Balaban J connectivity index is 1.61. The number of nitrogens with one attached hydrogen (secondary N) is 1. The highest BCUT2D eigenvalue weighted by molar-refractivity contribution is 7.99. The number of ether oxygens (including phenoxy) is 2. The molecule has 0 spiro atoms. The van der Waals surface area contributed by atoms with Crippen LogP contribution in [-0.2, 0) is 14.3 Å². The van der Waals surface area contributed by atoms with Crippen molar-refractivity contribution >= 4 is 23.8 Å². The lowest BCUT2D eigenvalue weighted by Gasteiger charge is -2.25. The molecule has 7 nitrogen and oxygen atoms in total. The third-order valence-corrected chi connectivity index (χ3v) is 6.81. The fraction of sp³-hybridized carbons (Fsp3) is 0.481. The number of thioether (sulfide) groups is 1. The number of esters is 1. The second-order valence-electron chi connectivity index (χ2n) is 9.61. The summed E-state index contributed by atoms with van der Waals surface area (Å²) in [4.78, 5) is 25.4. The minimum Gasteiger partial charge on any atom is -0.458 e. The van der Waals surface area contributed by atoms with E-state index in [1.807, 2.05) is 36.4 Å². The van der Waals surface area contributed by atoms with Crippen molar-refractivity contribution in [3.05, 3.63) is 59.7 Å². The van der Waals surface area contributed by atoms with E-state index in [2.05, 4.69) is 17.4 Å². The van der Waals surface area contributed by atoms with E-state index in [9.17, 15) is 14.7 Å². The third kappa shape index (κ3) is 7.72. The Morgan fingerprint density at radius 1 is 1.03 bits per heavy atom. The minimum absolute atomic E-state index is 0.0194. The number of fused-ring (bicyclic) bond motifs is 3. The molecule has 35 heavy (non-hydrogen) atoms. The zero-order valence-electron chi connectivity index (χ0n) is 20.5. The van der Waals surface area contributed by atoms with E-state index in [-0.39, 0.29) is 24.9 Å². The van der Waals surface area contributed by atoms with Gasteiger partial charge < -0.3 is 25.0 Å². The Kier molecular flexibility index (Phi) is 9.60. The molecule has 190 valence electrons. The molecule has 3 rings (SSSR count). The van der Waals surface area contributed by atoms with Gasteiger partial charge >= 0.3 is 12.1 Å². The topological polar surface area (TPSA) is 105 Å². The fourth-order valence-electron chi connectivity index (χ4n) is 4.06. The summed E-state index contributed by atoms with van der Waals surface area (Å²) in [5.41, 5.74) is 3.79.